The molecular formula is C26H23N3O7S. The largest absolute Gasteiger partial charge is 0.493 e. The number of non-ortho nitro benzene ring substituents is 1. The van der Waals surface area contributed by atoms with Crippen molar-refractivity contribution in [2.24, 2.45) is 4.99 Å². The second kappa shape index (κ2) is 10.6. The maximum Gasteiger partial charge on any atom is 0.338 e. The second-order valence-electron chi connectivity index (χ2n) is 7.94. The van der Waals surface area contributed by atoms with E-state index in [1.807, 2.05) is 0 Å². The third-order valence-electron chi connectivity index (χ3n) is 5.68. The molecular weight excluding hydrogens is 498 g/mol. The van der Waals surface area contributed by atoms with Crippen LogP contribution in [0.1, 0.15) is 24.1 Å². The number of nitrogens with zero attached hydrogens (tertiary/aromatic N) is 3. The van der Waals surface area contributed by atoms with Crippen LogP contribution >= 0.6 is 11.3 Å². The molecule has 0 radical (unpaired) electrons. The Kier molecular flexibility index (Phi) is 7.35. The van der Waals surface area contributed by atoms with Gasteiger partial charge in [-0.15, -0.1) is 0 Å². The number of esters is 1. The van der Waals surface area contributed by atoms with Gasteiger partial charge in [-0.25, -0.2) is 9.79 Å². The van der Waals surface area contributed by atoms with Crippen LogP contribution in [0.25, 0.3) is 6.08 Å². The van der Waals surface area contributed by atoms with Gasteiger partial charge in [0.05, 0.1) is 41.0 Å². The van der Waals surface area contributed by atoms with Crippen molar-refractivity contribution in [2.45, 2.75) is 13.0 Å². The Balaban J connectivity index is 1.95. The standard InChI is InChI=1S/C26H23N3O7S/c1-5-11-36-25(31)22-15(2)27-26-28(23(22)17-9-10-19(34-3)20(14-17)35-4)24(30)21(37-26)13-16-7-6-8-18(12-16)29(32)33/h5-10,12-14,23H,1,11H2,2-4H3/b21-13-/t23-/m1/s1. The molecule has 0 aliphatic carbocycles. The number of methoxy groups -OCH3 is 2. The summed E-state index contributed by atoms with van der Waals surface area (Å²) >= 11 is 1.12. The van der Waals surface area contributed by atoms with E-state index in [0.29, 0.717) is 37.7 Å². The SMILES string of the molecule is C=CCOC(=O)C1=C(C)N=c2s/c(=C\c3cccc([N+](=O)[O-])c3)c(=O)n2[C@@H]1c1ccc(OC)c(OC)c1. The zero-order valence-corrected chi connectivity index (χ0v) is 21.1. The first-order chi connectivity index (χ1) is 17.8. The van der Waals surface area contributed by atoms with Crippen molar-refractivity contribution in [1.82, 2.24) is 4.57 Å². The lowest BCUT2D eigenvalue weighted by Crippen LogP contribution is -2.40. The Hall–Kier alpha value is -4.51. The van der Waals surface area contributed by atoms with E-state index in [1.165, 1.54) is 37.0 Å². The molecule has 4 rings (SSSR count). The minimum absolute atomic E-state index is 0.00846. The smallest absolute Gasteiger partial charge is 0.338 e. The Labute approximate surface area is 215 Å². The molecule has 0 saturated heterocycles. The summed E-state index contributed by atoms with van der Waals surface area (Å²) in [5.74, 6) is 0.280. The highest BCUT2D eigenvalue weighted by molar-refractivity contribution is 7.07. The third kappa shape index (κ3) is 4.94. The van der Waals surface area contributed by atoms with E-state index in [2.05, 4.69) is 11.6 Å². The maximum atomic E-state index is 13.7. The monoisotopic (exact) mass is 521 g/mol. The van der Waals surface area contributed by atoms with Crippen LogP contribution < -0.4 is 24.4 Å². The zero-order valence-electron chi connectivity index (χ0n) is 20.3. The first-order valence-corrected chi connectivity index (χ1v) is 11.9. The minimum atomic E-state index is -0.861. The minimum Gasteiger partial charge on any atom is -0.493 e. The van der Waals surface area contributed by atoms with Crippen LogP contribution in [-0.4, -0.2) is 36.3 Å². The second-order valence-corrected chi connectivity index (χ2v) is 8.94. The zero-order chi connectivity index (χ0) is 26.7. The Bertz CT molecular complexity index is 1620. The molecule has 0 fully saturated rings. The van der Waals surface area contributed by atoms with Gasteiger partial charge in [0.1, 0.15) is 6.61 Å². The highest BCUT2D eigenvalue weighted by Crippen LogP contribution is 2.36. The molecule has 0 N–H and O–H groups in total. The van der Waals surface area contributed by atoms with Gasteiger partial charge < -0.3 is 14.2 Å². The fourth-order valence-electron chi connectivity index (χ4n) is 4.01. The number of hydrogen-bond donors (Lipinski definition) is 0. The van der Waals surface area contributed by atoms with Crippen molar-refractivity contribution < 1.29 is 23.9 Å². The van der Waals surface area contributed by atoms with E-state index in [9.17, 15) is 19.7 Å². The van der Waals surface area contributed by atoms with Gasteiger partial charge in [-0.1, -0.05) is 42.2 Å². The predicted molar refractivity (Wildman–Crippen MR) is 138 cm³/mol. The molecule has 10 nitrogen and oxygen atoms in total. The summed E-state index contributed by atoms with van der Waals surface area (Å²) in [6.07, 6.45) is 3.02. The van der Waals surface area contributed by atoms with E-state index >= 15 is 0 Å². The quantitative estimate of drug-likeness (QED) is 0.193. The number of thiazole rings is 1. The number of nitro groups is 1. The fraction of sp³-hybridized carbons (Fsp3) is 0.192. The van der Waals surface area contributed by atoms with Gasteiger partial charge in [0, 0.05) is 12.1 Å². The molecule has 1 aliphatic heterocycles. The summed E-state index contributed by atoms with van der Waals surface area (Å²) in [5, 5.41) is 11.2. The maximum absolute atomic E-state index is 13.7. The van der Waals surface area contributed by atoms with Gasteiger partial charge in [0.2, 0.25) is 0 Å². The van der Waals surface area contributed by atoms with Crippen LogP contribution in [0.3, 0.4) is 0 Å². The van der Waals surface area contributed by atoms with E-state index in [4.69, 9.17) is 14.2 Å². The summed E-state index contributed by atoms with van der Waals surface area (Å²) in [7, 11) is 3.00. The molecule has 0 amide bonds. The first-order valence-electron chi connectivity index (χ1n) is 11.1. The lowest BCUT2D eigenvalue weighted by molar-refractivity contribution is -0.384. The van der Waals surface area contributed by atoms with Crippen molar-refractivity contribution in [2.75, 3.05) is 20.8 Å². The summed E-state index contributed by atoms with van der Waals surface area (Å²) < 4.78 is 17.8. The molecule has 1 aromatic heterocycles. The van der Waals surface area contributed by atoms with Gasteiger partial charge in [-0.3, -0.25) is 19.5 Å². The molecule has 3 aromatic rings. The lowest BCUT2D eigenvalue weighted by Gasteiger charge is -2.25. The lowest BCUT2D eigenvalue weighted by atomic mass is 9.95. The predicted octanol–water partition coefficient (Wildman–Crippen LogP) is 2.89. The normalized spacial score (nSPS) is 15.0. The van der Waals surface area contributed by atoms with Crippen molar-refractivity contribution >= 4 is 29.1 Å². The molecule has 0 spiro atoms. The van der Waals surface area contributed by atoms with Crippen LogP contribution in [-0.2, 0) is 9.53 Å². The van der Waals surface area contributed by atoms with Crippen molar-refractivity contribution in [3.05, 3.63) is 107 Å². The number of aromatic nitrogens is 1. The van der Waals surface area contributed by atoms with Crippen LogP contribution in [0.2, 0.25) is 0 Å². The Morgan fingerprint density at radius 3 is 2.65 bits per heavy atom. The number of hydrogen-bond acceptors (Lipinski definition) is 9. The molecule has 0 bridgehead atoms. The molecule has 2 aromatic carbocycles. The number of benzene rings is 2. The average molecular weight is 522 g/mol. The molecule has 0 unspecified atom stereocenters. The molecule has 190 valence electrons. The van der Waals surface area contributed by atoms with Crippen LogP contribution in [0, 0.1) is 10.1 Å². The highest BCUT2D eigenvalue weighted by atomic mass is 32.1. The van der Waals surface area contributed by atoms with Gasteiger partial charge in [-0.2, -0.15) is 0 Å². The van der Waals surface area contributed by atoms with E-state index < -0.39 is 22.5 Å². The van der Waals surface area contributed by atoms with Gasteiger partial charge in [-0.05, 0) is 36.3 Å². The third-order valence-corrected chi connectivity index (χ3v) is 6.66. The molecule has 37 heavy (non-hydrogen) atoms. The van der Waals surface area contributed by atoms with Crippen molar-refractivity contribution in [3.63, 3.8) is 0 Å². The number of ether oxygens (including phenoxy) is 3. The molecule has 1 atom stereocenters. The fourth-order valence-corrected chi connectivity index (χ4v) is 5.06. The van der Waals surface area contributed by atoms with Gasteiger partial charge >= 0.3 is 5.97 Å². The van der Waals surface area contributed by atoms with E-state index in [0.717, 1.165) is 11.3 Å². The highest BCUT2D eigenvalue weighted by Gasteiger charge is 2.34. The van der Waals surface area contributed by atoms with Crippen molar-refractivity contribution in [3.8, 4) is 11.5 Å². The average Bonchev–Trinajstić information content (AvgIpc) is 3.20. The van der Waals surface area contributed by atoms with E-state index in [-0.39, 0.29) is 17.9 Å². The van der Waals surface area contributed by atoms with Crippen LogP contribution in [0.15, 0.2) is 76.2 Å². The number of fused-ring (bicyclic) bond motifs is 1. The number of allylic oxidation sites excluding steroid dienone is 1. The van der Waals surface area contributed by atoms with Crippen LogP contribution in [0.5, 0.6) is 11.5 Å². The summed E-state index contributed by atoms with van der Waals surface area (Å²) in [4.78, 5) is 42.4. The number of carbonyl (C=O) groups excluding carboxylic acids is 1. The summed E-state index contributed by atoms with van der Waals surface area (Å²) in [5.41, 5.74) is 1.17. The van der Waals surface area contributed by atoms with Gasteiger partial charge in [0.15, 0.2) is 16.3 Å². The molecule has 2 heterocycles. The Morgan fingerprint density at radius 2 is 1.97 bits per heavy atom. The Morgan fingerprint density at radius 1 is 1.22 bits per heavy atom. The summed E-state index contributed by atoms with van der Waals surface area (Å²) in [6, 6.07) is 10.2. The van der Waals surface area contributed by atoms with E-state index in [1.54, 1.807) is 43.3 Å². The molecule has 0 saturated carbocycles. The number of nitro benzene ring substituents is 1. The molecule has 11 heteroatoms. The van der Waals surface area contributed by atoms with Gasteiger partial charge in [0.25, 0.3) is 11.2 Å². The number of carbonyl (C=O) groups is 1. The number of rotatable bonds is 8. The first kappa shape index (κ1) is 25.6. The summed E-state index contributed by atoms with van der Waals surface area (Å²) in [6.45, 7) is 5.25. The topological polar surface area (TPSA) is 122 Å². The van der Waals surface area contributed by atoms with Crippen molar-refractivity contribution in [1.29, 1.82) is 0 Å². The van der Waals surface area contributed by atoms with Crippen LogP contribution in [0.4, 0.5) is 5.69 Å². The molecule has 1 aliphatic rings.